The number of aliphatic hydroxyl groups excluding tert-OH is 2. The minimum atomic E-state index is -1.41. The van der Waals surface area contributed by atoms with Gasteiger partial charge in [-0.25, -0.2) is 4.79 Å². The van der Waals surface area contributed by atoms with E-state index < -0.39 is 23.8 Å². The number of hydrogen-bond acceptors (Lipinski definition) is 10. The van der Waals surface area contributed by atoms with Crippen molar-refractivity contribution >= 4 is 22.6 Å². The number of rotatable bonds is 21. The smallest absolute Gasteiger partial charge is 0.410 e. The highest BCUT2D eigenvalue weighted by Crippen LogP contribution is 2.62. The van der Waals surface area contributed by atoms with E-state index in [0.29, 0.717) is 25.2 Å². The molecule has 1 saturated carbocycles. The van der Waals surface area contributed by atoms with Crippen LogP contribution in [-0.4, -0.2) is 96.8 Å². The quantitative estimate of drug-likeness (QED) is 0.0368. The van der Waals surface area contributed by atoms with E-state index in [9.17, 15) is 15.0 Å². The number of methoxy groups -OCH3 is 1. The lowest BCUT2D eigenvalue weighted by atomic mass is 9.55. The molecule has 1 amide bonds. The lowest BCUT2D eigenvalue weighted by Gasteiger charge is -2.59. The van der Waals surface area contributed by atoms with E-state index in [4.69, 9.17) is 28.9 Å². The Morgan fingerprint density at radius 1 is 0.968 bits per heavy atom. The molecule has 0 radical (unpaired) electrons. The predicted molar refractivity (Wildman–Crippen MR) is 240 cm³/mol. The summed E-state index contributed by atoms with van der Waals surface area (Å²) in [4.78, 5) is 24.9. The molecule has 62 heavy (non-hydrogen) atoms. The summed E-state index contributed by atoms with van der Waals surface area (Å²) in [5, 5.41) is 27.0. The lowest BCUT2D eigenvalue weighted by molar-refractivity contribution is -0.256. The number of carbonyl (C=O) groups excluding carboxylic acids is 1. The molecular weight excluding hydrogens is 783 g/mol. The molecule has 11 heteroatoms. The van der Waals surface area contributed by atoms with Gasteiger partial charge in [0.25, 0.3) is 0 Å². The number of allylic oxidation sites excluding steroid dienone is 1. The third-order valence-corrected chi connectivity index (χ3v) is 13.1. The monoisotopic (exact) mass is 843 g/mol. The maximum atomic E-state index is 14.5. The van der Waals surface area contributed by atoms with Crippen molar-refractivity contribution in [3.8, 4) is 11.5 Å². The average Bonchev–Trinajstić information content (AvgIpc) is 4.14. The molecule has 8 rings (SSSR count). The number of ether oxygens (including phenoxy) is 4. The molecule has 2 fully saturated rings. The first-order chi connectivity index (χ1) is 30.5. The van der Waals surface area contributed by atoms with Gasteiger partial charge in [0.2, 0.25) is 5.79 Å². The van der Waals surface area contributed by atoms with Crippen LogP contribution in [0.15, 0.2) is 120 Å². The Bertz CT molecular complexity index is 2200. The van der Waals surface area contributed by atoms with Crippen LogP contribution < -0.4 is 9.47 Å². The standard InChI is InChI=1S/C51H61N3O8/c1-3-29-60-51-47(54(50(57)58-2)34-39-19-13-18-37-16-7-8-20-41(37)39)33-45(52-61-35-36-14-5-4-6-15-36)43-31-38(17-9-11-27-55)42(21-10-12-28-56)48(49(43)51)44-32-40(22-23-46(44)62-51)59-30-26-53-24-25-53/h3-8,13-16,18-20,22-23,31-32,38,42,47-49,55-56H,1,9-12,17,21,24-30,33-35H2,2H3/t38-,42+,47-,48+,49+,51+/m0/s1. The normalized spacial score (nSPS) is 24.3. The number of benzene rings is 4. The summed E-state index contributed by atoms with van der Waals surface area (Å²) < 4.78 is 26.6. The molecule has 4 aliphatic rings. The number of oxime groups is 1. The van der Waals surface area contributed by atoms with Crippen LogP contribution in [-0.2, 0) is 27.5 Å². The molecule has 2 heterocycles. The minimum Gasteiger partial charge on any atom is -0.492 e. The number of nitrogens with zero attached hydrogens (tertiary/aromatic N) is 3. The van der Waals surface area contributed by atoms with Crippen molar-refractivity contribution in [2.45, 2.75) is 75.8 Å². The highest BCUT2D eigenvalue weighted by molar-refractivity contribution is 6.03. The fourth-order valence-corrected chi connectivity index (χ4v) is 10.1. The van der Waals surface area contributed by atoms with E-state index >= 15 is 0 Å². The zero-order valence-electron chi connectivity index (χ0n) is 35.9. The Labute approximate surface area is 365 Å². The second-order valence-corrected chi connectivity index (χ2v) is 17.0. The molecule has 0 aromatic heterocycles. The number of unbranched alkanes of at least 4 members (excludes halogenated alkanes) is 2. The fourth-order valence-electron chi connectivity index (χ4n) is 10.1. The first-order valence-electron chi connectivity index (χ1n) is 22.4. The summed E-state index contributed by atoms with van der Waals surface area (Å²) in [5.41, 5.74) is 4.67. The summed E-state index contributed by atoms with van der Waals surface area (Å²) in [6, 6.07) is 29.7. The molecule has 4 aromatic rings. The van der Waals surface area contributed by atoms with Crippen LogP contribution in [0.3, 0.4) is 0 Å². The zero-order valence-corrected chi connectivity index (χ0v) is 35.9. The van der Waals surface area contributed by atoms with Gasteiger partial charge in [-0.1, -0.05) is 103 Å². The van der Waals surface area contributed by atoms with Gasteiger partial charge in [0.1, 0.15) is 30.8 Å². The topological polar surface area (TPSA) is 122 Å². The van der Waals surface area contributed by atoms with Crippen LogP contribution in [0.2, 0.25) is 0 Å². The third-order valence-electron chi connectivity index (χ3n) is 13.1. The lowest BCUT2D eigenvalue weighted by Crippen LogP contribution is -2.70. The van der Waals surface area contributed by atoms with E-state index in [0.717, 1.165) is 89.8 Å². The van der Waals surface area contributed by atoms with E-state index in [1.807, 2.05) is 60.7 Å². The van der Waals surface area contributed by atoms with Gasteiger partial charge in [-0.3, -0.25) is 9.80 Å². The molecule has 0 unspecified atom stereocenters. The first-order valence-corrected chi connectivity index (χ1v) is 22.4. The largest absolute Gasteiger partial charge is 0.492 e. The molecule has 2 aliphatic heterocycles. The highest BCUT2D eigenvalue weighted by atomic mass is 16.7. The van der Waals surface area contributed by atoms with Crippen LogP contribution in [0.5, 0.6) is 11.5 Å². The van der Waals surface area contributed by atoms with E-state index in [1.54, 1.807) is 11.0 Å². The van der Waals surface area contributed by atoms with Gasteiger partial charge in [0, 0.05) is 50.8 Å². The Kier molecular flexibility index (Phi) is 14.2. The first kappa shape index (κ1) is 43.4. The number of amides is 1. The van der Waals surface area contributed by atoms with Crippen LogP contribution >= 0.6 is 0 Å². The van der Waals surface area contributed by atoms with E-state index in [1.165, 1.54) is 7.11 Å². The van der Waals surface area contributed by atoms with Crippen molar-refractivity contribution in [2.75, 3.05) is 53.2 Å². The molecule has 6 atom stereocenters. The molecular formula is C51H61N3O8. The van der Waals surface area contributed by atoms with Crippen LogP contribution in [0, 0.1) is 17.8 Å². The molecule has 2 N–H and O–H groups in total. The van der Waals surface area contributed by atoms with Gasteiger partial charge >= 0.3 is 6.09 Å². The van der Waals surface area contributed by atoms with Crippen LogP contribution in [0.4, 0.5) is 4.79 Å². The third kappa shape index (κ3) is 9.41. The summed E-state index contributed by atoms with van der Waals surface area (Å²) in [6.45, 7) is 8.60. The molecule has 0 bridgehead atoms. The van der Waals surface area contributed by atoms with Gasteiger partial charge in [0.05, 0.1) is 31.9 Å². The molecule has 328 valence electrons. The van der Waals surface area contributed by atoms with E-state index in [2.05, 4.69) is 47.9 Å². The van der Waals surface area contributed by atoms with Crippen molar-refractivity contribution in [3.63, 3.8) is 0 Å². The number of aliphatic hydroxyl groups is 2. The Morgan fingerprint density at radius 2 is 1.74 bits per heavy atom. The molecule has 11 nitrogen and oxygen atoms in total. The minimum absolute atomic E-state index is 0.0889. The van der Waals surface area contributed by atoms with Crippen LogP contribution in [0.1, 0.15) is 67.6 Å². The second kappa shape index (κ2) is 20.3. The molecule has 1 saturated heterocycles. The van der Waals surface area contributed by atoms with Crippen molar-refractivity contribution < 1.29 is 38.8 Å². The number of hydrogen-bond donors (Lipinski definition) is 2. The van der Waals surface area contributed by atoms with Crippen molar-refractivity contribution in [3.05, 3.63) is 132 Å². The van der Waals surface area contributed by atoms with Gasteiger partial charge in [0.15, 0.2) is 0 Å². The zero-order chi connectivity index (χ0) is 42.9. The Hall–Kier alpha value is -5.20. The SMILES string of the molecule is C=CCO[C@@]12Oc3ccc(OCCN4CC4)cc3[C@H]3[C@H](CCCCO)[C@@H](CCCCO)C=C(C(=NOCc4ccccc4)C[C@@H]1N(Cc1cccc4ccccc14)C(=O)OC)[C@H]32. The van der Waals surface area contributed by atoms with E-state index in [-0.39, 0.29) is 57.1 Å². The average molecular weight is 844 g/mol. The summed E-state index contributed by atoms with van der Waals surface area (Å²) in [7, 11) is 1.41. The van der Waals surface area contributed by atoms with Gasteiger partial charge in [-0.15, -0.1) is 6.58 Å². The fraction of sp³-hybridized carbons (Fsp3) is 0.451. The maximum absolute atomic E-state index is 14.5. The van der Waals surface area contributed by atoms with Crippen molar-refractivity contribution in [1.82, 2.24) is 9.80 Å². The van der Waals surface area contributed by atoms with Gasteiger partial charge in [-0.2, -0.15) is 0 Å². The Balaban J connectivity index is 1.32. The maximum Gasteiger partial charge on any atom is 0.410 e. The van der Waals surface area contributed by atoms with Gasteiger partial charge < -0.3 is 34.0 Å². The number of fused-ring (bicyclic) bond motifs is 3. The summed E-state index contributed by atoms with van der Waals surface area (Å²) in [6.07, 6.45) is 8.58. The van der Waals surface area contributed by atoms with Crippen molar-refractivity contribution in [1.29, 1.82) is 0 Å². The molecule has 4 aromatic carbocycles. The van der Waals surface area contributed by atoms with Gasteiger partial charge in [-0.05, 0) is 83.2 Å². The second-order valence-electron chi connectivity index (χ2n) is 17.0. The molecule has 0 spiro atoms. The summed E-state index contributed by atoms with van der Waals surface area (Å²) in [5.74, 6) is -0.389. The predicted octanol–water partition coefficient (Wildman–Crippen LogP) is 8.64. The van der Waals surface area contributed by atoms with Crippen molar-refractivity contribution in [2.24, 2.45) is 22.9 Å². The van der Waals surface area contributed by atoms with Crippen LogP contribution in [0.25, 0.3) is 10.8 Å². The Morgan fingerprint density at radius 3 is 2.52 bits per heavy atom. The highest BCUT2D eigenvalue weighted by Gasteiger charge is 2.65. The number of carbonyl (C=O) groups is 1. The summed E-state index contributed by atoms with van der Waals surface area (Å²) >= 11 is 0. The molecule has 2 aliphatic carbocycles.